The Morgan fingerprint density at radius 1 is 1.00 bits per heavy atom. The minimum absolute atomic E-state index is 0.233. The van der Waals surface area contributed by atoms with E-state index in [-0.39, 0.29) is 25.6 Å². The van der Waals surface area contributed by atoms with Gasteiger partial charge in [0.05, 0.1) is 19.8 Å². The van der Waals surface area contributed by atoms with Crippen LogP contribution >= 0.6 is 12.6 Å². The lowest BCUT2D eigenvalue weighted by Gasteiger charge is -2.24. The second-order valence-corrected chi connectivity index (χ2v) is 2.45. The molecule has 56 valence electrons. The average Bonchev–Trinajstić information content (AvgIpc) is 1.95. The van der Waals surface area contributed by atoms with Crippen molar-refractivity contribution in [3.8, 4) is 0 Å². The van der Waals surface area contributed by atoms with Crippen molar-refractivity contribution in [3.63, 3.8) is 0 Å². The van der Waals surface area contributed by atoms with E-state index in [4.69, 9.17) is 15.3 Å². The van der Waals surface area contributed by atoms with Crippen molar-refractivity contribution in [1.29, 1.82) is 0 Å². The summed E-state index contributed by atoms with van der Waals surface area (Å²) in [5.74, 6) is 0.288. The molecule has 0 aromatic carbocycles. The van der Waals surface area contributed by atoms with Gasteiger partial charge in [-0.1, -0.05) is 0 Å². The summed E-state index contributed by atoms with van der Waals surface area (Å²) in [7, 11) is 0. The normalized spacial score (nSPS) is 12.0. The zero-order chi connectivity index (χ0) is 7.33. The van der Waals surface area contributed by atoms with Crippen LogP contribution in [0.1, 0.15) is 0 Å². The van der Waals surface area contributed by atoms with Crippen molar-refractivity contribution in [2.75, 3.05) is 25.6 Å². The molecule has 0 aliphatic heterocycles. The van der Waals surface area contributed by atoms with Crippen LogP contribution in [0, 0.1) is 5.41 Å². The van der Waals surface area contributed by atoms with Crippen LogP contribution in [0.4, 0.5) is 0 Å². The molecule has 0 aliphatic carbocycles. The van der Waals surface area contributed by atoms with Gasteiger partial charge in [-0.05, 0) is 0 Å². The van der Waals surface area contributed by atoms with E-state index in [1.807, 2.05) is 0 Å². The van der Waals surface area contributed by atoms with Crippen molar-refractivity contribution in [2.24, 2.45) is 5.41 Å². The maximum atomic E-state index is 8.61. The standard InChI is InChI=1S/C5H12O3S/c6-1-5(2-7,3-8)4-9/h6-9H,1-4H2. The first-order valence-corrected chi connectivity index (χ1v) is 3.31. The molecular formula is C5H12O3S. The maximum Gasteiger partial charge on any atom is 0.0539 e. The molecule has 0 radical (unpaired) electrons. The maximum absolute atomic E-state index is 8.61. The van der Waals surface area contributed by atoms with Crippen LogP contribution < -0.4 is 0 Å². The lowest BCUT2D eigenvalue weighted by molar-refractivity contribution is 0.0240. The number of thiol groups is 1. The van der Waals surface area contributed by atoms with Gasteiger partial charge in [0.15, 0.2) is 0 Å². The largest absolute Gasteiger partial charge is 0.396 e. The summed E-state index contributed by atoms with van der Waals surface area (Å²) in [5.41, 5.74) is -0.802. The molecule has 0 saturated heterocycles. The fourth-order valence-corrected chi connectivity index (χ4v) is 0.600. The Morgan fingerprint density at radius 2 is 1.33 bits per heavy atom. The Labute approximate surface area is 59.7 Å². The fourth-order valence-electron chi connectivity index (χ4n) is 0.300. The molecule has 4 heteroatoms. The first kappa shape index (κ1) is 9.23. The van der Waals surface area contributed by atoms with Crippen LogP contribution in [0.5, 0.6) is 0 Å². The minimum atomic E-state index is -0.802. The molecule has 0 unspecified atom stereocenters. The predicted molar refractivity (Wildman–Crippen MR) is 37.5 cm³/mol. The smallest absolute Gasteiger partial charge is 0.0539 e. The molecule has 3 N–H and O–H groups in total. The van der Waals surface area contributed by atoms with E-state index >= 15 is 0 Å². The van der Waals surface area contributed by atoms with Gasteiger partial charge in [-0.2, -0.15) is 12.6 Å². The summed E-state index contributed by atoms with van der Waals surface area (Å²) in [6.07, 6.45) is 0. The molecule has 0 fully saturated rings. The summed E-state index contributed by atoms with van der Waals surface area (Å²) in [6, 6.07) is 0. The zero-order valence-corrected chi connectivity index (χ0v) is 6.01. The molecule has 0 spiro atoms. The number of hydrogen-bond acceptors (Lipinski definition) is 4. The average molecular weight is 152 g/mol. The second-order valence-electron chi connectivity index (χ2n) is 2.13. The molecule has 0 saturated carbocycles. The Balaban J connectivity index is 3.82. The van der Waals surface area contributed by atoms with E-state index in [9.17, 15) is 0 Å². The van der Waals surface area contributed by atoms with E-state index < -0.39 is 5.41 Å². The van der Waals surface area contributed by atoms with Gasteiger partial charge < -0.3 is 15.3 Å². The lowest BCUT2D eigenvalue weighted by Crippen LogP contribution is -2.35. The number of rotatable bonds is 4. The number of hydrogen-bond donors (Lipinski definition) is 4. The third kappa shape index (κ3) is 2.14. The summed E-state index contributed by atoms with van der Waals surface area (Å²) in [6.45, 7) is -0.698. The summed E-state index contributed by atoms with van der Waals surface area (Å²) in [5, 5.41) is 25.8. The van der Waals surface area contributed by atoms with Crippen LogP contribution in [0.3, 0.4) is 0 Å². The van der Waals surface area contributed by atoms with Gasteiger partial charge in [-0.25, -0.2) is 0 Å². The van der Waals surface area contributed by atoms with Crippen molar-refractivity contribution >= 4 is 12.6 Å². The van der Waals surface area contributed by atoms with E-state index in [1.54, 1.807) is 0 Å². The van der Waals surface area contributed by atoms with Crippen LogP contribution in [-0.2, 0) is 0 Å². The first-order valence-electron chi connectivity index (χ1n) is 2.68. The molecule has 0 aliphatic rings. The molecule has 0 amide bonds. The first-order chi connectivity index (χ1) is 4.24. The highest BCUT2D eigenvalue weighted by molar-refractivity contribution is 7.80. The van der Waals surface area contributed by atoms with Crippen LogP contribution in [0.25, 0.3) is 0 Å². The highest BCUT2D eigenvalue weighted by Crippen LogP contribution is 2.15. The van der Waals surface area contributed by atoms with E-state index in [0.717, 1.165) is 0 Å². The van der Waals surface area contributed by atoms with Crippen LogP contribution in [0.15, 0.2) is 0 Å². The van der Waals surface area contributed by atoms with Crippen molar-refractivity contribution in [1.82, 2.24) is 0 Å². The minimum Gasteiger partial charge on any atom is -0.396 e. The highest BCUT2D eigenvalue weighted by Gasteiger charge is 2.25. The van der Waals surface area contributed by atoms with E-state index in [1.165, 1.54) is 0 Å². The quantitative estimate of drug-likeness (QED) is 0.386. The third-order valence-corrected chi connectivity index (χ3v) is 2.01. The second kappa shape index (κ2) is 4.11. The van der Waals surface area contributed by atoms with Crippen molar-refractivity contribution in [2.45, 2.75) is 0 Å². The molecular weight excluding hydrogens is 140 g/mol. The van der Waals surface area contributed by atoms with Crippen LogP contribution in [-0.4, -0.2) is 40.9 Å². The predicted octanol–water partition coefficient (Wildman–Crippen LogP) is -1.12. The molecule has 0 aromatic rings. The highest BCUT2D eigenvalue weighted by atomic mass is 32.1. The lowest BCUT2D eigenvalue weighted by atomic mass is 9.94. The molecule has 3 nitrogen and oxygen atoms in total. The van der Waals surface area contributed by atoms with Gasteiger partial charge in [-0.15, -0.1) is 0 Å². The SMILES string of the molecule is OCC(CO)(CO)CS. The fraction of sp³-hybridized carbons (Fsp3) is 1.00. The van der Waals surface area contributed by atoms with Gasteiger partial charge in [0.25, 0.3) is 0 Å². The molecule has 0 atom stereocenters. The van der Waals surface area contributed by atoms with Gasteiger partial charge in [0, 0.05) is 11.2 Å². The monoisotopic (exact) mass is 152 g/mol. The molecule has 9 heavy (non-hydrogen) atoms. The zero-order valence-electron chi connectivity index (χ0n) is 5.12. The Morgan fingerprint density at radius 3 is 1.33 bits per heavy atom. The Bertz CT molecular complexity index is 55.1. The van der Waals surface area contributed by atoms with Gasteiger partial charge >= 0.3 is 0 Å². The molecule has 0 heterocycles. The summed E-state index contributed by atoms with van der Waals surface area (Å²) >= 11 is 3.86. The number of aliphatic hydroxyl groups is 3. The topological polar surface area (TPSA) is 60.7 Å². The molecule has 0 aromatic heterocycles. The Hall–Kier alpha value is 0.230. The van der Waals surface area contributed by atoms with Gasteiger partial charge in [0.1, 0.15) is 0 Å². The number of aliphatic hydroxyl groups excluding tert-OH is 3. The molecule has 0 bridgehead atoms. The van der Waals surface area contributed by atoms with Crippen molar-refractivity contribution < 1.29 is 15.3 Å². The van der Waals surface area contributed by atoms with Gasteiger partial charge in [0.2, 0.25) is 0 Å². The van der Waals surface area contributed by atoms with Crippen molar-refractivity contribution in [3.05, 3.63) is 0 Å². The van der Waals surface area contributed by atoms with Crippen LogP contribution in [0.2, 0.25) is 0 Å². The molecule has 0 rings (SSSR count). The van der Waals surface area contributed by atoms with E-state index in [2.05, 4.69) is 12.6 Å². The van der Waals surface area contributed by atoms with Gasteiger partial charge in [-0.3, -0.25) is 0 Å². The summed E-state index contributed by atoms with van der Waals surface area (Å²) in [4.78, 5) is 0. The van der Waals surface area contributed by atoms with E-state index in [0.29, 0.717) is 0 Å². The Kier molecular flexibility index (Phi) is 4.22. The third-order valence-electron chi connectivity index (χ3n) is 1.34. The summed E-state index contributed by atoms with van der Waals surface area (Å²) < 4.78 is 0.